The molecule has 1 fully saturated rings. The van der Waals surface area contributed by atoms with Crippen LogP contribution in [0.5, 0.6) is 0 Å². The molecule has 0 aliphatic carbocycles. The standard InChI is InChI=1S/C12H16N2O/c13-11-4-2-1-3-10(11)12(15)9-5-7-14-8-6-9/h1-4,9,14H,5-8,13H2. The summed E-state index contributed by atoms with van der Waals surface area (Å²) < 4.78 is 0. The molecule has 1 heterocycles. The van der Waals surface area contributed by atoms with Crippen molar-refractivity contribution in [1.29, 1.82) is 0 Å². The van der Waals surface area contributed by atoms with Crippen molar-refractivity contribution in [1.82, 2.24) is 5.32 Å². The fourth-order valence-electron chi connectivity index (χ4n) is 2.03. The molecule has 0 bridgehead atoms. The zero-order chi connectivity index (χ0) is 10.7. The van der Waals surface area contributed by atoms with E-state index < -0.39 is 0 Å². The third-order valence-electron chi connectivity index (χ3n) is 2.94. The number of carbonyl (C=O) groups excluding carboxylic acids is 1. The number of anilines is 1. The topological polar surface area (TPSA) is 55.1 Å². The molecule has 1 aromatic carbocycles. The lowest BCUT2D eigenvalue weighted by Crippen LogP contribution is -2.32. The van der Waals surface area contributed by atoms with Gasteiger partial charge in [-0.2, -0.15) is 0 Å². The Kier molecular flexibility index (Phi) is 3.02. The number of carbonyl (C=O) groups is 1. The maximum atomic E-state index is 12.1. The van der Waals surface area contributed by atoms with Gasteiger partial charge in [-0.1, -0.05) is 12.1 Å². The van der Waals surface area contributed by atoms with Crippen molar-refractivity contribution in [2.24, 2.45) is 5.92 Å². The highest BCUT2D eigenvalue weighted by Crippen LogP contribution is 2.21. The number of nitrogens with one attached hydrogen (secondary N) is 1. The molecule has 1 aromatic rings. The number of nitrogens with two attached hydrogens (primary N) is 1. The van der Waals surface area contributed by atoms with Crippen molar-refractivity contribution in [3.8, 4) is 0 Å². The summed E-state index contributed by atoms with van der Waals surface area (Å²) >= 11 is 0. The van der Waals surface area contributed by atoms with Gasteiger partial charge in [-0.15, -0.1) is 0 Å². The van der Waals surface area contributed by atoms with Crippen LogP contribution in [-0.4, -0.2) is 18.9 Å². The Bertz CT molecular complexity index is 356. The van der Waals surface area contributed by atoms with Gasteiger partial charge in [0.1, 0.15) is 0 Å². The highest BCUT2D eigenvalue weighted by molar-refractivity contribution is 6.02. The van der Waals surface area contributed by atoms with Crippen molar-refractivity contribution in [3.63, 3.8) is 0 Å². The highest BCUT2D eigenvalue weighted by Gasteiger charge is 2.23. The Morgan fingerprint density at radius 1 is 1.27 bits per heavy atom. The Morgan fingerprint density at radius 2 is 1.93 bits per heavy atom. The van der Waals surface area contributed by atoms with Gasteiger partial charge in [0.15, 0.2) is 5.78 Å². The Labute approximate surface area is 89.7 Å². The molecule has 0 spiro atoms. The summed E-state index contributed by atoms with van der Waals surface area (Å²) in [5, 5.41) is 3.25. The second kappa shape index (κ2) is 4.45. The largest absolute Gasteiger partial charge is 0.398 e. The molecule has 1 aliphatic rings. The molecule has 0 unspecified atom stereocenters. The van der Waals surface area contributed by atoms with Gasteiger partial charge in [-0.25, -0.2) is 0 Å². The summed E-state index contributed by atoms with van der Waals surface area (Å²) in [7, 11) is 0. The van der Waals surface area contributed by atoms with E-state index in [4.69, 9.17) is 5.73 Å². The number of benzene rings is 1. The molecule has 0 amide bonds. The SMILES string of the molecule is Nc1ccccc1C(=O)C1CCNCC1. The second-order valence-corrected chi connectivity index (χ2v) is 3.98. The van der Waals surface area contributed by atoms with Gasteiger partial charge in [-0.05, 0) is 38.1 Å². The maximum Gasteiger partial charge on any atom is 0.168 e. The average Bonchev–Trinajstić information content (AvgIpc) is 2.30. The summed E-state index contributed by atoms with van der Waals surface area (Å²) in [6.07, 6.45) is 1.85. The van der Waals surface area contributed by atoms with E-state index in [9.17, 15) is 4.79 Å². The molecule has 15 heavy (non-hydrogen) atoms. The number of Topliss-reactive ketones (excluding diaryl/α,β-unsaturated/α-hetero) is 1. The minimum atomic E-state index is 0.149. The van der Waals surface area contributed by atoms with Gasteiger partial charge >= 0.3 is 0 Å². The van der Waals surface area contributed by atoms with E-state index in [1.807, 2.05) is 18.2 Å². The van der Waals surface area contributed by atoms with Gasteiger partial charge in [0.2, 0.25) is 0 Å². The third kappa shape index (κ3) is 2.18. The number of piperidine rings is 1. The zero-order valence-electron chi connectivity index (χ0n) is 8.70. The van der Waals surface area contributed by atoms with Gasteiger partial charge in [0.05, 0.1) is 0 Å². The van der Waals surface area contributed by atoms with Crippen LogP contribution < -0.4 is 11.1 Å². The molecule has 1 aliphatic heterocycles. The molecular weight excluding hydrogens is 188 g/mol. The third-order valence-corrected chi connectivity index (χ3v) is 2.94. The molecule has 0 aromatic heterocycles. The first-order valence-corrected chi connectivity index (χ1v) is 5.38. The van der Waals surface area contributed by atoms with Gasteiger partial charge in [0, 0.05) is 17.2 Å². The molecule has 3 N–H and O–H groups in total. The molecule has 80 valence electrons. The predicted octanol–water partition coefficient (Wildman–Crippen LogP) is 1.45. The molecule has 0 atom stereocenters. The summed E-state index contributed by atoms with van der Waals surface area (Å²) in [6, 6.07) is 7.33. The number of ketones is 1. The fraction of sp³-hybridized carbons (Fsp3) is 0.417. The lowest BCUT2D eigenvalue weighted by molar-refractivity contribution is 0.0896. The lowest BCUT2D eigenvalue weighted by atomic mass is 9.89. The summed E-state index contributed by atoms with van der Waals surface area (Å²) in [5.74, 6) is 0.352. The van der Waals surface area contributed by atoms with Crippen LogP contribution in [0.25, 0.3) is 0 Å². The van der Waals surface area contributed by atoms with Crippen LogP contribution >= 0.6 is 0 Å². The van der Waals surface area contributed by atoms with E-state index >= 15 is 0 Å². The Balaban J connectivity index is 2.16. The van der Waals surface area contributed by atoms with Gasteiger partial charge < -0.3 is 11.1 Å². The normalized spacial score (nSPS) is 17.6. The first-order chi connectivity index (χ1) is 7.29. The molecular formula is C12H16N2O. The molecule has 3 nitrogen and oxygen atoms in total. The minimum Gasteiger partial charge on any atom is -0.398 e. The van der Waals surface area contributed by atoms with Crippen molar-refractivity contribution in [3.05, 3.63) is 29.8 Å². The summed E-state index contributed by atoms with van der Waals surface area (Å²) in [4.78, 5) is 12.1. The lowest BCUT2D eigenvalue weighted by Gasteiger charge is -2.21. The number of hydrogen-bond donors (Lipinski definition) is 2. The first-order valence-electron chi connectivity index (χ1n) is 5.38. The van der Waals surface area contributed by atoms with Crippen molar-refractivity contribution >= 4 is 11.5 Å². The zero-order valence-corrected chi connectivity index (χ0v) is 8.70. The van der Waals surface area contributed by atoms with E-state index in [1.54, 1.807) is 6.07 Å². The van der Waals surface area contributed by atoms with Crippen LogP contribution in [0, 0.1) is 5.92 Å². The fourth-order valence-corrected chi connectivity index (χ4v) is 2.03. The monoisotopic (exact) mass is 204 g/mol. The van der Waals surface area contributed by atoms with Crippen molar-refractivity contribution in [2.75, 3.05) is 18.8 Å². The van der Waals surface area contributed by atoms with E-state index in [0.717, 1.165) is 25.9 Å². The van der Waals surface area contributed by atoms with Crippen LogP contribution in [0.15, 0.2) is 24.3 Å². The van der Waals surface area contributed by atoms with Crippen molar-refractivity contribution in [2.45, 2.75) is 12.8 Å². The second-order valence-electron chi connectivity index (χ2n) is 3.98. The molecule has 1 saturated heterocycles. The number of para-hydroxylation sites is 1. The van der Waals surface area contributed by atoms with Crippen LogP contribution in [0.4, 0.5) is 5.69 Å². The van der Waals surface area contributed by atoms with Crippen LogP contribution in [0.1, 0.15) is 23.2 Å². The average molecular weight is 204 g/mol. The quantitative estimate of drug-likeness (QED) is 0.566. The van der Waals surface area contributed by atoms with E-state index in [0.29, 0.717) is 11.3 Å². The van der Waals surface area contributed by atoms with E-state index in [1.165, 1.54) is 0 Å². The smallest absolute Gasteiger partial charge is 0.168 e. The van der Waals surface area contributed by atoms with Gasteiger partial charge in [0.25, 0.3) is 0 Å². The predicted molar refractivity (Wildman–Crippen MR) is 60.8 cm³/mol. The highest BCUT2D eigenvalue weighted by atomic mass is 16.1. The molecule has 2 rings (SSSR count). The van der Waals surface area contributed by atoms with Crippen LogP contribution in [0.3, 0.4) is 0 Å². The summed E-state index contributed by atoms with van der Waals surface area (Å²) in [6.45, 7) is 1.87. The van der Waals surface area contributed by atoms with E-state index in [2.05, 4.69) is 5.32 Å². The Hall–Kier alpha value is -1.35. The van der Waals surface area contributed by atoms with Crippen LogP contribution in [0.2, 0.25) is 0 Å². The van der Waals surface area contributed by atoms with Crippen molar-refractivity contribution < 1.29 is 4.79 Å². The molecule has 0 radical (unpaired) electrons. The number of hydrogen-bond acceptors (Lipinski definition) is 3. The molecule has 0 saturated carbocycles. The molecule has 3 heteroatoms. The van der Waals surface area contributed by atoms with E-state index in [-0.39, 0.29) is 11.7 Å². The minimum absolute atomic E-state index is 0.149. The number of nitrogen functional groups attached to an aromatic ring is 1. The first kappa shape index (κ1) is 10.2. The van der Waals surface area contributed by atoms with Crippen LogP contribution in [-0.2, 0) is 0 Å². The summed E-state index contributed by atoms with van der Waals surface area (Å²) in [5.41, 5.74) is 7.07. The Morgan fingerprint density at radius 3 is 2.60 bits per heavy atom. The maximum absolute atomic E-state index is 12.1. The van der Waals surface area contributed by atoms with Gasteiger partial charge in [-0.3, -0.25) is 4.79 Å². The number of rotatable bonds is 2.